The molecule has 1 aliphatic rings. The first kappa shape index (κ1) is 13.8. The highest BCUT2D eigenvalue weighted by molar-refractivity contribution is 5.83. The third-order valence-electron chi connectivity index (χ3n) is 3.32. The van der Waals surface area contributed by atoms with Crippen molar-refractivity contribution in [1.82, 2.24) is 10.2 Å². The van der Waals surface area contributed by atoms with E-state index in [4.69, 9.17) is 5.11 Å². The molecule has 2 atom stereocenters. The van der Waals surface area contributed by atoms with Gasteiger partial charge in [0.1, 0.15) is 6.04 Å². The molecule has 1 rings (SSSR count). The van der Waals surface area contributed by atoms with E-state index < -0.39 is 12.0 Å². The minimum Gasteiger partial charge on any atom is -0.480 e. The van der Waals surface area contributed by atoms with Crippen LogP contribution in [0.4, 0.5) is 4.79 Å². The van der Waals surface area contributed by atoms with Crippen LogP contribution in [0.15, 0.2) is 0 Å². The van der Waals surface area contributed by atoms with Gasteiger partial charge in [-0.25, -0.2) is 9.59 Å². The van der Waals surface area contributed by atoms with Crippen molar-refractivity contribution in [3.63, 3.8) is 0 Å². The predicted molar refractivity (Wildman–Crippen MR) is 64.8 cm³/mol. The fourth-order valence-corrected chi connectivity index (χ4v) is 2.26. The van der Waals surface area contributed by atoms with Crippen molar-refractivity contribution in [2.45, 2.75) is 52.1 Å². The van der Waals surface area contributed by atoms with Crippen LogP contribution in [0.3, 0.4) is 0 Å². The van der Waals surface area contributed by atoms with Crippen LogP contribution in [0.1, 0.15) is 40.0 Å². The summed E-state index contributed by atoms with van der Waals surface area (Å²) in [6, 6.07) is -0.785. The molecular formula is C12H22N2O3. The Bertz CT molecular complexity index is 291. The molecule has 0 radical (unpaired) electrons. The first-order valence-corrected chi connectivity index (χ1v) is 6.27. The maximum atomic E-state index is 12.0. The van der Waals surface area contributed by atoms with Gasteiger partial charge in [-0.15, -0.1) is 0 Å². The second kappa shape index (κ2) is 5.89. The van der Waals surface area contributed by atoms with Gasteiger partial charge in [0.25, 0.3) is 0 Å². The van der Waals surface area contributed by atoms with Gasteiger partial charge < -0.3 is 15.3 Å². The number of hydrogen-bond acceptors (Lipinski definition) is 2. The van der Waals surface area contributed by atoms with Gasteiger partial charge in [-0.1, -0.05) is 20.8 Å². The molecule has 5 nitrogen and oxygen atoms in total. The van der Waals surface area contributed by atoms with Gasteiger partial charge in [0.15, 0.2) is 0 Å². The SMILES string of the molecule is CCC1CCCN1C(=O)N[C@@H](C(=O)O)C(C)C. The van der Waals surface area contributed by atoms with Gasteiger partial charge in [0, 0.05) is 12.6 Å². The Morgan fingerprint density at radius 2 is 2.12 bits per heavy atom. The first-order valence-electron chi connectivity index (χ1n) is 6.27. The number of nitrogens with zero attached hydrogens (tertiary/aromatic N) is 1. The van der Waals surface area contributed by atoms with Gasteiger partial charge in [-0.05, 0) is 25.2 Å². The number of urea groups is 1. The van der Waals surface area contributed by atoms with E-state index in [9.17, 15) is 9.59 Å². The topological polar surface area (TPSA) is 69.6 Å². The lowest BCUT2D eigenvalue weighted by atomic mass is 10.1. The Balaban J connectivity index is 2.61. The molecule has 1 heterocycles. The maximum absolute atomic E-state index is 12.0. The number of carboxylic acids is 1. The molecule has 0 aromatic heterocycles. The summed E-state index contributed by atoms with van der Waals surface area (Å²) in [5.74, 6) is -1.08. The van der Waals surface area contributed by atoms with Crippen LogP contribution in [-0.4, -0.2) is 40.6 Å². The first-order chi connectivity index (χ1) is 7.97. The Morgan fingerprint density at radius 1 is 1.47 bits per heavy atom. The maximum Gasteiger partial charge on any atom is 0.326 e. The van der Waals surface area contributed by atoms with Crippen molar-refractivity contribution in [3.05, 3.63) is 0 Å². The number of carboxylic acid groups (broad SMARTS) is 1. The van der Waals surface area contributed by atoms with Gasteiger partial charge in [0.05, 0.1) is 0 Å². The van der Waals surface area contributed by atoms with Crippen LogP contribution in [0.25, 0.3) is 0 Å². The molecule has 0 bridgehead atoms. The molecule has 1 saturated heterocycles. The van der Waals surface area contributed by atoms with Crippen LogP contribution in [-0.2, 0) is 4.79 Å². The van der Waals surface area contributed by atoms with Crippen molar-refractivity contribution < 1.29 is 14.7 Å². The number of rotatable bonds is 4. The summed E-state index contributed by atoms with van der Waals surface area (Å²) < 4.78 is 0. The third kappa shape index (κ3) is 3.35. The molecule has 0 saturated carbocycles. The summed E-state index contributed by atoms with van der Waals surface area (Å²) in [5.41, 5.74) is 0. The molecule has 5 heteroatoms. The fraction of sp³-hybridized carbons (Fsp3) is 0.833. The van der Waals surface area contributed by atoms with Crippen LogP contribution in [0.5, 0.6) is 0 Å². The quantitative estimate of drug-likeness (QED) is 0.788. The Labute approximate surface area is 102 Å². The number of amides is 2. The van der Waals surface area contributed by atoms with Crippen molar-refractivity contribution in [2.24, 2.45) is 5.92 Å². The number of aliphatic carboxylic acids is 1. The highest BCUT2D eigenvalue weighted by Gasteiger charge is 2.31. The Morgan fingerprint density at radius 3 is 2.59 bits per heavy atom. The molecule has 17 heavy (non-hydrogen) atoms. The van der Waals surface area contributed by atoms with Gasteiger partial charge >= 0.3 is 12.0 Å². The summed E-state index contributed by atoms with van der Waals surface area (Å²) in [5, 5.41) is 11.6. The molecule has 0 aromatic rings. The lowest BCUT2D eigenvalue weighted by Gasteiger charge is -2.27. The molecular weight excluding hydrogens is 220 g/mol. The molecule has 98 valence electrons. The van der Waals surface area contributed by atoms with Gasteiger partial charge in [-0.3, -0.25) is 0 Å². The molecule has 0 aromatic carbocycles. The summed E-state index contributed by atoms with van der Waals surface area (Å²) in [6.07, 6.45) is 2.95. The summed E-state index contributed by atoms with van der Waals surface area (Å²) in [6.45, 7) is 6.36. The van der Waals surface area contributed by atoms with Crippen molar-refractivity contribution in [2.75, 3.05) is 6.54 Å². The van der Waals surface area contributed by atoms with E-state index in [2.05, 4.69) is 5.32 Å². The highest BCUT2D eigenvalue weighted by Crippen LogP contribution is 2.20. The number of likely N-dealkylation sites (tertiary alicyclic amines) is 1. The molecule has 2 N–H and O–H groups in total. The zero-order valence-corrected chi connectivity index (χ0v) is 10.8. The lowest BCUT2D eigenvalue weighted by Crippen LogP contribution is -2.51. The van der Waals surface area contributed by atoms with E-state index in [1.807, 2.05) is 6.92 Å². The third-order valence-corrected chi connectivity index (χ3v) is 3.32. The Kier molecular flexibility index (Phi) is 4.78. The van der Waals surface area contributed by atoms with Crippen LogP contribution in [0.2, 0.25) is 0 Å². The smallest absolute Gasteiger partial charge is 0.326 e. The van der Waals surface area contributed by atoms with Crippen molar-refractivity contribution in [3.8, 4) is 0 Å². The average Bonchev–Trinajstić information content (AvgIpc) is 2.72. The van der Waals surface area contributed by atoms with Gasteiger partial charge in [0.2, 0.25) is 0 Å². The zero-order chi connectivity index (χ0) is 13.0. The van der Waals surface area contributed by atoms with E-state index >= 15 is 0 Å². The minimum atomic E-state index is -0.972. The standard InChI is InChI=1S/C12H22N2O3/c1-4-9-6-5-7-14(9)12(17)13-10(8(2)3)11(15)16/h8-10H,4-7H2,1-3H3,(H,13,17)(H,15,16)/t9?,10-/m1/s1. The summed E-state index contributed by atoms with van der Waals surface area (Å²) in [4.78, 5) is 24.8. The normalized spacial score (nSPS) is 21.6. The lowest BCUT2D eigenvalue weighted by molar-refractivity contribution is -0.140. The molecule has 1 unspecified atom stereocenters. The second-order valence-electron chi connectivity index (χ2n) is 4.91. The number of carbonyl (C=O) groups excluding carboxylic acids is 1. The van der Waals surface area contributed by atoms with Gasteiger partial charge in [-0.2, -0.15) is 0 Å². The monoisotopic (exact) mass is 242 g/mol. The number of carbonyl (C=O) groups is 2. The molecule has 1 fully saturated rings. The summed E-state index contributed by atoms with van der Waals surface area (Å²) in [7, 11) is 0. The van der Waals surface area contributed by atoms with E-state index in [0.717, 1.165) is 25.8 Å². The van der Waals surface area contributed by atoms with Crippen molar-refractivity contribution >= 4 is 12.0 Å². The number of nitrogens with one attached hydrogen (secondary N) is 1. The Hall–Kier alpha value is -1.26. The predicted octanol–water partition coefficient (Wildman–Crippen LogP) is 1.68. The fourth-order valence-electron chi connectivity index (χ4n) is 2.26. The molecule has 2 amide bonds. The van der Waals surface area contributed by atoms with E-state index in [0.29, 0.717) is 0 Å². The van der Waals surface area contributed by atoms with Crippen LogP contribution < -0.4 is 5.32 Å². The number of hydrogen-bond donors (Lipinski definition) is 2. The molecule has 1 aliphatic heterocycles. The average molecular weight is 242 g/mol. The highest BCUT2D eigenvalue weighted by atomic mass is 16.4. The van der Waals surface area contributed by atoms with E-state index in [1.54, 1.807) is 18.7 Å². The van der Waals surface area contributed by atoms with Crippen LogP contribution in [0, 0.1) is 5.92 Å². The van der Waals surface area contributed by atoms with E-state index in [-0.39, 0.29) is 18.0 Å². The zero-order valence-electron chi connectivity index (χ0n) is 10.8. The van der Waals surface area contributed by atoms with Crippen LogP contribution >= 0.6 is 0 Å². The molecule has 0 spiro atoms. The minimum absolute atomic E-state index is 0.112. The molecule has 0 aliphatic carbocycles. The van der Waals surface area contributed by atoms with Crippen molar-refractivity contribution in [1.29, 1.82) is 0 Å². The second-order valence-corrected chi connectivity index (χ2v) is 4.91. The summed E-state index contributed by atoms with van der Waals surface area (Å²) >= 11 is 0. The largest absolute Gasteiger partial charge is 0.480 e. The van der Waals surface area contributed by atoms with E-state index in [1.165, 1.54) is 0 Å².